The van der Waals surface area contributed by atoms with Gasteiger partial charge in [-0.3, -0.25) is 0 Å². The summed E-state index contributed by atoms with van der Waals surface area (Å²) in [6.45, 7) is 5.02. The van der Waals surface area contributed by atoms with Gasteiger partial charge in [0.1, 0.15) is 11.9 Å². The van der Waals surface area contributed by atoms with Crippen molar-refractivity contribution in [1.82, 2.24) is 10.3 Å². The molecule has 0 amide bonds. The molecular formula is C13H18N4. The first kappa shape index (κ1) is 11.9. The van der Waals surface area contributed by atoms with Crippen molar-refractivity contribution in [3.05, 3.63) is 23.9 Å². The summed E-state index contributed by atoms with van der Waals surface area (Å²) in [5, 5.41) is 12.6. The average molecular weight is 230 g/mol. The van der Waals surface area contributed by atoms with Gasteiger partial charge in [0.05, 0.1) is 5.56 Å². The third-order valence-electron chi connectivity index (χ3n) is 3.19. The van der Waals surface area contributed by atoms with Crippen molar-refractivity contribution in [3.8, 4) is 6.07 Å². The molecule has 0 bridgehead atoms. The number of likely N-dealkylation sites (N-methyl/N-ethyl adjacent to an activating group) is 1. The number of nitrogens with one attached hydrogen (secondary N) is 1. The summed E-state index contributed by atoms with van der Waals surface area (Å²) in [4.78, 5) is 6.52. The SMILES string of the molecule is CCN(CC1CCCN1)c1ncccc1C#N. The van der Waals surface area contributed by atoms with Gasteiger partial charge in [-0.25, -0.2) is 4.98 Å². The Balaban J connectivity index is 2.14. The van der Waals surface area contributed by atoms with Gasteiger partial charge in [0.2, 0.25) is 0 Å². The van der Waals surface area contributed by atoms with E-state index >= 15 is 0 Å². The predicted molar refractivity (Wildman–Crippen MR) is 67.9 cm³/mol. The molecule has 1 N–H and O–H groups in total. The lowest BCUT2D eigenvalue weighted by molar-refractivity contribution is 0.583. The fourth-order valence-corrected chi connectivity index (χ4v) is 2.28. The van der Waals surface area contributed by atoms with Gasteiger partial charge in [0.25, 0.3) is 0 Å². The average Bonchev–Trinajstić information content (AvgIpc) is 2.89. The number of anilines is 1. The van der Waals surface area contributed by atoms with Crippen molar-refractivity contribution >= 4 is 5.82 Å². The normalized spacial score (nSPS) is 18.9. The van der Waals surface area contributed by atoms with E-state index in [1.165, 1.54) is 12.8 Å². The van der Waals surface area contributed by atoms with E-state index in [1.54, 1.807) is 6.20 Å². The third-order valence-corrected chi connectivity index (χ3v) is 3.19. The molecule has 1 unspecified atom stereocenters. The first-order valence-corrected chi connectivity index (χ1v) is 6.18. The van der Waals surface area contributed by atoms with E-state index in [1.807, 2.05) is 12.1 Å². The van der Waals surface area contributed by atoms with Crippen LogP contribution in [0.15, 0.2) is 18.3 Å². The molecule has 1 fully saturated rings. The van der Waals surface area contributed by atoms with Gasteiger partial charge in [0, 0.05) is 25.3 Å². The highest BCUT2D eigenvalue weighted by Gasteiger charge is 2.19. The molecule has 4 heteroatoms. The van der Waals surface area contributed by atoms with Crippen LogP contribution in [0, 0.1) is 11.3 Å². The van der Waals surface area contributed by atoms with Crippen molar-refractivity contribution in [1.29, 1.82) is 5.26 Å². The quantitative estimate of drug-likeness (QED) is 0.852. The van der Waals surface area contributed by atoms with Crippen LogP contribution < -0.4 is 10.2 Å². The number of hydrogen-bond donors (Lipinski definition) is 1. The lowest BCUT2D eigenvalue weighted by atomic mass is 10.2. The monoisotopic (exact) mass is 230 g/mol. The van der Waals surface area contributed by atoms with E-state index in [0.717, 1.165) is 25.5 Å². The minimum Gasteiger partial charge on any atom is -0.354 e. The van der Waals surface area contributed by atoms with Crippen LogP contribution >= 0.6 is 0 Å². The number of aromatic nitrogens is 1. The van der Waals surface area contributed by atoms with Gasteiger partial charge >= 0.3 is 0 Å². The molecule has 90 valence electrons. The number of pyridine rings is 1. The first-order chi connectivity index (χ1) is 8.35. The summed E-state index contributed by atoms with van der Waals surface area (Å²) >= 11 is 0. The maximum Gasteiger partial charge on any atom is 0.146 e. The first-order valence-electron chi connectivity index (χ1n) is 6.18. The lowest BCUT2D eigenvalue weighted by Crippen LogP contribution is -2.38. The van der Waals surface area contributed by atoms with Crippen molar-refractivity contribution in [2.45, 2.75) is 25.8 Å². The van der Waals surface area contributed by atoms with Gasteiger partial charge in [-0.1, -0.05) is 0 Å². The second kappa shape index (κ2) is 5.65. The van der Waals surface area contributed by atoms with E-state index in [-0.39, 0.29) is 0 Å². The maximum atomic E-state index is 9.09. The largest absolute Gasteiger partial charge is 0.354 e. The van der Waals surface area contributed by atoms with E-state index in [0.29, 0.717) is 11.6 Å². The summed E-state index contributed by atoms with van der Waals surface area (Å²) in [7, 11) is 0. The van der Waals surface area contributed by atoms with E-state index < -0.39 is 0 Å². The molecule has 1 aromatic heterocycles. The van der Waals surface area contributed by atoms with Crippen LogP contribution in [0.5, 0.6) is 0 Å². The molecule has 1 saturated heterocycles. The van der Waals surface area contributed by atoms with E-state index in [2.05, 4.69) is 28.2 Å². The Morgan fingerprint density at radius 1 is 1.65 bits per heavy atom. The van der Waals surface area contributed by atoms with Crippen molar-refractivity contribution in [2.24, 2.45) is 0 Å². The molecule has 17 heavy (non-hydrogen) atoms. The summed E-state index contributed by atoms with van der Waals surface area (Å²) in [6, 6.07) is 6.38. The van der Waals surface area contributed by atoms with Crippen LogP contribution in [0.1, 0.15) is 25.3 Å². The second-order valence-corrected chi connectivity index (χ2v) is 4.32. The van der Waals surface area contributed by atoms with Crippen LogP contribution in [0.3, 0.4) is 0 Å². The number of rotatable bonds is 4. The maximum absolute atomic E-state index is 9.09. The van der Waals surface area contributed by atoms with Gasteiger partial charge < -0.3 is 10.2 Å². The van der Waals surface area contributed by atoms with E-state index in [4.69, 9.17) is 5.26 Å². The van der Waals surface area contributed by atoms with Crippen LogP contribution in [0.25, 0.3) is 0 Å². The molecule has 1 aliphatic heterocycles. The zero-order chi connectivity index (χ0) is 12.1. The number of nitrogens with zero attached hydrogens (tertiary/aromatic N) is 3. The van der Waals surface area contributed by atoms with Crippen LogP contribution in [0.4, 0.5) is 5.82 Å². The molecule has 2 heterocycles. The Labute approximate surface area is 102 Å². The Morgan fingerprint density at radius 3 is 3.18 bits per heavy atom. The van der Waals surface area contributed by atoms with E-state index in [9.17, 15) is 0 Å². The highest BCUT2D eigenvalue weighted by atomic mass is 15.2. The van der Waals surface area contributed by atoms with Crippen molar-refractivity contribution in [2.75, 3.05) is 24.5 Å². The molecule has 1 aliphatic rings. The topological polar surface area (TPSA) is 52.0 Å². The summed E-state index contributed by atoms with van der Waals surface area (Å²) < 4.78 is 0. The number of hydrogen-bond acceptors (Lipinski definition) is 4. The zero-order valence-electron chi connectivity index (χ0n) is 10.2. The van der Waals surface area contributed by atoms with Crippen LogP contribution in [-0.4, -0.2) is 30.7 Å². The summed E-state index contributed by atoms with van der Waals surface area (Å²) in [5.41, 5.74) is 0.660. The molecule has 0 aromatic carbocycles. The Kier molecular flexibility index (Phi) is 3.94. The molecule has 4 nitrogen and oxygen atoms in total. The smallest absolute Gasteiger partial charge is 0.146 e. The number of nitriles is 1. The van der Waals surface area contributed by atoms with Gasteiger partial charge in [-0.15, -0.1) is 0 Å². The minimum atomic E-state index is 0.531. The van der Waals surface area contributed by atoms with Gasteiger partial charge in [-0.2, -0.15) is 5.26 Å². The van der Waals surface area contributed by atoms with Crippen molar-refractivity contribution < 1.29 is 0 Å². The molecular weight excluding hydrogens is 212 g/mol. The highest BCUT2D eigenvalue weighted by molar-refractivity contribution is 5.53. The third kappa shape index (κ3) is 2.75. The zero-order valence-corrected chi connectivity index (χ0v) is 10.2. The lowest BCUT2D eigenvalue weighted by Gasteiger charge is -2.26. The molecule has 0 spiro atoms. The Morgan fingerprint density at radius 2 is 2.53 bits per heavy atom. The van der Waals surface area contributed by atoms with Gasteiger partial charge in [0.15, 0.2) is 0 Å². The molecule has 1 aromatic rings. The standard InChI is InChI=1S/C13H18N4/c1-2-17(10-12-6-4-7-15-12)13-11(9-14)5-3-8-16-13/h3,5,8,12,15H,2,4,6-7,10H2,1H3. The fraction of sp³-hybridized carbons (Fsp3) is 0.538. The van der Waals surface area contributed by atoms with Crippen LogP contribution in [0.2, 0.25) is 0 Å². The fourth-order valence-electron chi connectivity index (χ4n) is 2.28. The summed E-state index contributed by atoms with van der Waals surface area (Å²) in [6.07, 6.45) is 4.21. The predicted octanol–water partition coefficient (Wildman–Crippen LogP) is 1.53. The van der Waals surface area contributed by atoms with Crippen molar-refractivity contribution in [3.63, 3.8) is 0 Å². The summed E-state index contributed by atoms with van der Waals surface area (Å²) in [5.74, 6) is 0.811. The highest BCUT2D eigenvalue weighted by Crippen LogP contribution is 2.17. The van der Waals surface area contributed by atoms with Gasteiger partial charge in [-0.05, 0) is 38.4 Å². The molecule has 1 atom stereocenters. The molecule has 2 rings (SSSR count). The molecule has 0 radical (unpaired) electrons. The Bertz CT molecular complexity index is 404. The molecule has 0 saturated carbocycles. The minimum absolute atomic E-state index is 0.531. The van der Waals surface area contributed by atoms with Crippen LogP contribution in [-0.2, 0) is 0 Å². The Hall–Kier alpha value is -1.60. The second-order valence-electron chi connectivity index (χ2n) is 4.32. The molecule has 0 aliphatic carbocycles.